The topological polar surface area (TPSA) is 41.6 Å². The van der Waals surface area contributed by atoms with Gasteiger partial charge >= 0.3 is 6.03 Å². The highest BCUT2D eigenvalue weighted by Gasteiger charge is 2.35. The maximum Gasteiger partial charge on any atom is 0.326 e. The van der Waals surface area contributed by atoms with Crippen molar-refractivity contribution in [2.75, 3.05) is 16.8 Å². The highest BCUT2D eigenvalue weighted by molar-refractivity contribution is 6.03. The van der Waals surface area contributed by atoms with Gasteiger partial charge in [0.15, 0.2) is 0 Å². The second-order valence-corrected chi connectivity index (χ2v) is 10.7. The number of carbonyl (C=O) groups is 1. The number of benzene rings is 3. The first-order chi connectivity index (χ1) is 16.9. The van der Waals surface area contributed by atoms with E-state index >= 15 is 0 Å². The van der Waals surface area contributed by atoms with E-state index in [1.54, 1.807) is 4.90 Å². The van der Waals surface area contributed by atoms with E-state index in [-0.39, 0.29) is 6.03 Å². The Bertz CT molecular complexity index is 1160. The molecule has 5 rings (SSSR count). The molecule has 4 nitrogen and oxygen atoms in total. The van der Waals surface area contributed by atoms with E-state index in [2.05, 4.69) is 48.6 Å². The van der Waals surface area contributed by atoms with Crippen LogP contribution in [0.5, 0.6) is 5.75 Å². The molecule has 2 aliphatic rings. The number of urea groups is 1. The molecule has 0 atom stereocenters. The first kappa shape index (κ1) is 23.5. The van der Waals surface area contributed by atoms with E-state index in [1.165, 1.54) is 43.2 Å². The van der Waals surface area contributed by atoms with E-state index in [4.69, 9.17) is 4.74 Å². The molecule has 0 unspecified atom stereocenters. The van der Waals surface area contributed by atoms with Crippen LogP contribution in [0, 0.1) is 5.92 Å². The Kier molecular flexibility index (Phi) is 6.55. The molecule has 3 aromatic rings. The summed E-state index contributed by atoms with van der Waals surface area (Å²) in [6.45, 7) is 6.84. The number of carbonyl (C=O) groups excluding carboxylic acids is 1. The number of amides is 2. The monoisotopic (exact) mass is 468 g/mol. The summed E-state index contributed by atoms with van der Waals surface area (Å²) in [6, 6.07) is 24.6. The summed E-state index contributed by atoms with van der Waals surface area (Å²) >= 11 is 0. The van der Waals surface area contributed by atoms with Crippen molar-refractivity contribution in [3.8, 4) is 16.9 Å². The second-order valence-electron chi connectivity index (χ2n) is 10.7. The lowest BCUT2D eigenvalue weighted by atomic mass is 9.77. The molecule has 1 saturated carbocycles. The standard InChI is InChI=1S/C31H36N2O2/c1-4-22-10-12-23(13-11-22)24-14-16-25(17-15-24)26-18-19-28-29(20-26)35-31(2,3)21-33(28)30(34)32-27-8-6-5-7-9-27/h5-9,14-20,22-23H,4,10-13,21H2,1-3H3,(H,32,34). The molecule has 182 valence electrons. The van der Waals surface area contributed by atoms with Crippen LogP contribution < -0.4 is 15.0 Å². The van der Waals surface area contributed by atoms with Crippen molar-refractivity contribution < 1.29 is 9.53 Å². The Balaban J connectivity index is 1.36. The van der Waals surface area contributed by atoms with E-state index in [0.717, 1.165) is 28.6 Å². The Morgan fingerprint density at radius 2 is 1.63 bits per heavy atom. The number of rotatable bonds is 4. The van der Waals surface area contributed by atoms with Crippen LogP contribution in [-0.4, -0.2) is 18.2 Å². The van der Waals surface area contributed by atoms with Gasteiger partial charge in [0.25, 0.3) is 0 Å². The Labute approximate surface area is 209 Å². The molecule has 0 saturated heterocycles. The zero-order valence-electron chi connectivity index (χ0n) is 21.1. The Morgan fingerprint density at radius 1 is 0.943 bits per heavy atom. The van der Waals surface area contributed by atoms with Gasteiger partial charge in [0.05, 0.1) is 12.2 Å². The molecule has 4 heteroatoms. The summed E-state index contributed by atoms with van der Waals surface area (Å²) < 4.78 is 6.33. The summed E-state index contributed by atoms with van der Waals surface area (Å²) in [5, 5.41) is 3.01. The zero-order chi connectivity index (χ0) is 24.4. The molecule has 1 fully saturated rings. The largest absolute Gasteiger partial charge is 0.484 e. The summed E-state index contributed by atoms with van der Waals surface area (Å²) in [5.41, 5.74) is 4.83. The van der Waals surface area contributed by atoms with Gasteiger partial charge in [-0.15, -0.1) is 0 Å². The van der Waals surface area contributed by atoms with Gasteiger partial charge in [0.1, 0.15) is 11.4 Å². The SMILES string of the molecule is CCC1CCC(c2ccc(-c3ccc4c(c3)OC(C)(C)CN4C(=O)Nc3ccccc3)cc2)CC1. The molecular weight excluding hydrogens is 432 g/mol. The summed E-state index contributed by atoms with van der Waals surface area (Å²) in [4.78, 5) is 14.9. The van der Waals surface area contributed by atoms with E-state index in [0.29, 0.717) is 12.5 Å². The molecule has 1 N–H and O–H groups in total. The predicted molar refractivity (Wildman–Crippen MR) is 144 cm³/mol. The number of hydrogen-bond acceptors (Lipinski definition) is 2. The van der Waals surface area contributed by atoms with Crippen molar-refractivity contribution >= 4 is 17.4 Å². The van der Waals surface area contributed by atoms with Gasteiger partial charge in [-0.1, -0.05) is 61.9 Å². The maximum absolute atomic E-state index is 13.2. The van der Waals surface area contributed by atoms with E-state index in [9.17, 15) is 4.79 Å². The van der Waals surface area contributed by atoms with Gasteiger partial charge in [0.2, 0.25) is 0 Å². The lowest BCUT2D eigenvalue weighted by molar-refractivity contribution is 0.107. The highest BCUT2D eigenvalue weighted by atomic mass is 16.5. The molecule has 0 spiro atoms. The lowest BCUT2D eigenvalue weighted by Crippen LogP contribution is -2.50. The minimum absolute atomic E-state index is 0.149. The first-order valence-electron chi connectivity index (χ1n) is 13.0. The fraction of sp³-hybridized carbons (Fsp3) is 0.387. The van der Waals surface area contributed by atoms with Crippen molar-refractivity contribution in [3.63, 3.8) is 0 Å². The minimum Gasteiger partial charge on any atom is -0.484 e. The number of nitrogens with zero attached hydrogens (tertiary/aromatic N) is 1. The molecule has 0 aromatic heterocycles. The summed E-state index contributed by atoms with van der Waals surface area (Å²) in [7, 11) is 0. The third-order valence-electron chi connectivity index (χ3n) is 7.59. The molecule has 0 radical (unpaired) electrons. The number of para-hydroxylation sites is 1. The van der Waals surface area contributed by atoms with Crippen LogP contribution in [0.15, 0.2) is 72.8 Å². The van der Waals surface area contributed by atoms with Crippen LogP contribution in [0.4, 0.5) is 16.2 Å². The summed E-state index contributed by atoms with van der Waals surface area (Å²) in [5.74, 6) is 2.35. The van der Waals surface area contributed by atoms with Gasteiger partial charge in [-0.2, -0.15) is 0 Å². The van der Waals surface area contributed by atoms with Crippen LogP contribution in [0.3, 0.4) is 0 Å². The first-order valence-corrected chi connectivity index (χ1v) is 13.0. The smallest absolute Gasteiger partial charge is 0.326 e. The van der Waals surface area contributed by atoms with E-state index < -0.39 is 5.60 Å². The van der Waals surface area contributed by atoms with Crippen LogP contribution in [0.2, 0.25) is 0 Å². The zero-order valence-corrected chi connectivity index (χ0v) is 21.1. The lowest BCUT2D eigenvalue weighted by Gasteiger charge is -2.39. The minimum atomic E-state index is -0.485. The van der Waals surface area contributed by atoms with Gasteiger partial charge in [0, 0.05) is 5.69 Å². The molecule has 35 heavy (non-hydrogen) atoms. The average Bonchev–Trinajstić information content (AvgIpc) is 2.88. The quantitative estimate of drug-likeness (QED) is 0.419. The fourth-order valence-corrected chi connectivity index (χ4v) is 5.54. The molecule has 1 heterocycles. The number of hydrogen-bond donors (Lipinski definition) is 1. The highest BCUT2D eigenvalue weighted by Crippen LogP contribution is 2.41. The predicted octanol–water partition coefficient (Wildman–Crippen LogP) is 8.25. The molecule has 2 amide bonds. The molecule has 3 aromatic carbocycles. The van der Waals surface area contributed by atoms with Crippen molar-refractivity contribution in [1.29, 1.82) is 0 Å². The van der Waals surface area contributed by atoms with Crippen LogP contribution in [-0.2, 0) is 0 Å². The average molecular weight is 469 g/mol. The second kappa shape index (κ2) is 9.77. The maximum atomic E-state index is 13.2. The van der Waals surface area contributed by atoms with Gasteiger partial charge < -0.3 is 10.1 Å². The van der Waals surface area contributed by atoms with Gasteiger partial charge in [-0.25, -0.2) is 4.79 Å². The van der Waals surface area contributed by atoms with Crippen molar-refractivity contribution in [2.24, 2.45) is 5.92 Å². The molecule has 1 aliphatic heterocycles. The van der Waals surface area contributed by atoms with Crippen LogP contribution in [0.1, 0.15) is 64.4 Å². The number of fused-ring (bicyclic) bond motifs is 1. The van der Waals surface area contributed by atoms with Crippen molar-refractivity contribution in [2.45, 2.75) is 64.4 Å². The normalized spacial score (nSPS) is 21.1. The fourth-order valence-electron chi connectivity index (χ4n) is 5.54. The number of nitrogens with one attached hydrogen (secondary N) is 1. The van der Waals surface area contributed by atoms with Crippen LogP contribution in [0.25, 0.3) is 11.1 Å². The van der Waals surface area contributed by atoms with E-state index in [1.807, 2.05) is 50.2 Å². The third-order valence-corrected chi connectivity index (χ3v) is 7.59. The number of anilines is 2. The summed E-state index contributed by atoms with van der Waals surface area (Å²) in [6.07, 6.45) is 6.64. The van der Waals surface area contributed by atoms with Gasteiger partial charge in [-0.05, 0) is 92.3 Å². The molecule has 0 bridgehead atoms. The molecular formula is C31H36N2O2. The van der Waals surface area contributed by atoms with Crippen molar-refractivity contribution in [3.05, 3.63) is 78.4 Å². The van der Waals surface area contributed by atoms with Gasteiger partial charge in [-0.3, -0.25) is 4.90 Å². The Morgan fingerprint density at radius 3 is 2.31 bits per heavy atom. The van der Waals surface area contributed by atoms with Crippen LogP contribution >= 0.6 is 0 Å². The van der Waals surface area contributed by atoms with Crippen molar-refractivity contribution in [1.82, 2.24) is 0 Å². The Hall–Kier alpha value is -3.27. The third kappa shape index (κ3) is 5.22. The number of ether oxygens (including phenoxy) is 1. The molecule has 1 aliphatic carbocycles.